The second kappa shape index (κ2) is 7.12. The fourth-order valence-corrected chi connectivity index (χ4v) is 1.81. The van der Waals surface area contributed by atoms with Gasteiger partial charge in [0.15, 0.2) is 11.5 Å². The van der Waals surface area contributed by atoms with Gasteiger partial charge in [0.05, 0.1) is 12.1 Å². The predicted molar refractivity (Wildman–Crippen MR) is 75.4 cm³/mol. The Kier molecular flexibility index (Phi) is 5.79. The number of benzene rings is 1. The van der Waals surface area contributed by atoms with E-state index in [-0.39, 0.29) is 23.8 Å². The molecule has 1 unspecified atom stereocenters. The summed E-state index contributed by atoms with van der Waals surface area (Å²) >= 11 is 0. The maximum absolute atomic E-state index is 12.0. The van der Waals surface area contributed by atoms with Crippen molar-refractivity contribution in [3.63, 3.8) is 0 Å². The van der Waals surface area contributed by atoms with Gasteiger partial charge in [-0.1, -0.05) is 6.07 Å². The van der Waals surface area contributed by atoms with Crippen LogP contribution in [0.4, 0.5) is 0 Å². The van der Waals surface area contributed by atoms with Crippen LogP contribution in [0.3, 0.4) is 0 Å². The smallest absolute Gasteiger partial charge is 0.239 e. The molecule has 5 N–H and O–H groups in total. The number of aliphatic hydroxyl groups is 1. The number of aliphatic hydroxyl groups excluding tert-OH is 1. The van der Waals surface area contributed by atoms with E-state index in [9.17, 15) is 20.1 Å². The molecule has 0 heterocycles. The summed E-state index contributed by atoms with van der Waals surface area (Å²) in [6.07, 6.45) is 0.302. The van der Waals surface area contributed by atoms with E-state index >= 15 is 0 Å². The number of nitrogens with zero attached hydrogens (tertiary/aromatic N) is 1. The molecule has 0 radical (unpaired) electrons. The van der Waals surface area contributed by atoms with Crippen molar-refractivity contribution in [2.75, 3.05) is 13.6 Å². The molecule has 0 saturated heterocycles. The molecule has 20 heavy (non-hydrogen) atoms. The van der Waals surface area contributed by atoms with Crippen molar-refractivity contribution in [3.05, 3.63) is 23.8 Å². The fourth-order valence-electron chi connectivity index (χ4n) is 1.81. The van der Waals surface area contributed by atoms with Gasteiger partial charge in [0, 0.05) is 13.6 Å². The summed E-state index contributed by atoms with van der Waals surface area (Å²) in [5, 5.41) is 27.8. The summed E-state index contributed by atoms with van der Waals surface area (Å²) in [6, 6.07) is 3.63. The van der Waals surface area contributed by atoms with E-state index in [4.69, 9.17) is 5.73 Å². The maximum atomic E-state index is 12.0. The van der Waals surface area contributed by atoms with Crippen LogP contribution in [0.5, 0.6) is 11.5 Å². The number of likely N-dealkylation sites (N-methyl/N-ethyl adjacent to an activating group) is 1. The van der Waals surface area contributed by atoms with Crippen molar-refractivity contribution in [1.82, 2.24) is 4.90 Å². The molecule has 0 bridgehead atoms. The van der Waals surface area contributed by atoms with Crippen LogP contribution in [0.15, 0.2) is 18.2 Å². The van der Waals surface area contributed by atoms with Crippen LogP contribution in [-0.2, 0) is 11.2 Å². The topological polar surface area (TPSA) is 107 Å². The maximum Gasteiger partial charge on any atom is 0.239 e. The molecule has 1 aromatic carbocycles. The van der Waals surface area contributed by atoms with Gasteiger partial charge < -0.3 is 26.0 Å². The molecule has 0 aromatic heterocycles. The summed E-state index contributed by atoms with van der Waals surface area (Å²) in [6.45, 7) is 2.10. The minimum Gasteiger partial charge on any atom is -0.504 e. The number of phenols is 2. The van der Waals surface area contributed by atoms with E-state index in [1.54, 1.807) is 20.0 Å². The molecule has 1 rings (SSSR count). The first kappa shape index (κ1) is 16.3. The van der Waals surface area contributed by atoms with Crippen LogP contribution < -0.4 is 5.73 Å². The fraction of sp³-hybridized carbons (Fsp3) is 0.500. The lowest BCUT2D eigenvalue weighted by Crippen LogP contribution is -2.43. The van der Waals surface area contributed by atoms with E-state index in [2.05, 4.69) is 0 Å². The molecule has 112 valence electrons. The Labute approximate surface area is 118 Å². The molecule has 6 nitrogen and oxygen atoms in total. The number of amides is 1. The Morgan fingerprint density at radius 2 is 2.00 bits per heavy atom. The molecule has 0 fully saturated rings. The van der Waals surface area contributed by atoms with Gasteiger partial charge in [0.2, 0.25) is 5.91 Å². The molecule has 1 amide bonds. The Morgan fingerprint density at radius 3 is 2.55 bits per heavy atom. The zero-order valence-electron chi connectivity index (χ0n) is 11.8. The Bertz CT molecular complexity index is 462. The van der Waals surface area contributed by atoms with Gasteiger partial charge in [-0.05, 0) is 37.5 Å². The van der Waals surface area contributed by atoms with E-state index in [0.717, 1.165) is 0 Å². The molecule has 0 spiro atoms. The zero-order valence-corrected chi connectivity index (χ0v) is 11.8. The number of aromatic hydroxyl groups is 2. The second-order valence-corrected chi connectivity index (χ2v) is 5.03. The zero-order chi connectivity index (χ0) is 15.3. The molecule has 0 aliphatic rings. The summed E-state index contributed by atoms with van der Waals surface area (Å²) in [4.78, 5) is 13.5. The van der Waals surface area contributed by atoms with Crippen LogP contribution in [0.25, 0.3) is 0 Å². The second-order valence-electron chi connectivity index (χ2n) is 5.03. The lowest BCUT2D eigenvalue weighted by molar-refractivity contribution is -0.131. The van der Waals surface area contributed by atoms with Crippen LogP contribution in [0.2, 0.25) is 0 Å². The van der Waals surface area contributed by atoms with Gasteiger partial charge in [0.1, 0.15) is 0 Å². The van der Waals surface area contributed by atoms with Crippen molar-refractivity contribution in [2.24, 2.45) is 5.73 Å². The van der Waals surface area contributed by atoms with Crippen LogP contribution in [0, 0.1) is 0 Å². The van der Waals surface area contributed by atoms with Crippen LogP contribution in [0.1, 0.15) is 18.9 Å². The van der Waals surface area contributed by atoms with Crippen molar-refractivity contribution >= 4 is 5.91 Å². The largest absolute Gasteiger partial charge is 0.504 e. The number of phenolic OH excluding ortho intramolecular Hbond substituents is 2. The number of hydrogen-bond acceptors (Lipinski definition) is 5. The third-order valence-electron chi connectivity index (χ3n) is 3.07. The average molecular weight is 282 g/mol. The van der Waals surface area contributed by atoms with Crippen LogP contribution in [-0.4, -0.2) is 51.9 Å². The number of nitrogens with two attached hydrogens (primary N) is 1. The highest BCUT2D eigenvalue weighted by Gasteiger charge is 2.19. The molecule has 1 aromatic rings. The van der Waals surface area contributed by atoms with E-state index in [1.165, 1.54) is 17.0 Å². The van der Waals surface area contributed by atoms with Crippen molar-refractivity contribution in [1.29, 1.82) is 0 Å². The molecule has 6 heteroatoms. The molecular formula is C14H22N2O4. The Balaban J connectivity index is 2.58. The molecule has 0 aliphatic heterocycles. The normalized spacial score (nSPS) is 13.8. The molecular weight excluding hydrogens is 260 g/mol. The Morgan fingerprint density at radius 1 is 1.35 bits per heavy atom. The number of carbonyl (C=O) groups excluding carboxylic acids is 1. The monoisotopic (exact) mass is 282 g/mol. The number of hydrogen-bond donors (Lipinski definition) is 4. The van der Waals surface area contributed by atoms with Gasteiger partial charge in [-0.3, -0.25) is 4.79 Å². The van der Waals surface area contributed by atoms with Gasteiger partial charge in [-0.15, -0.1) is 0 Å². The van der Waals surface area contributed by atoms with Gasteiger partial charge in [-0.25, -0.2) is 0 Å². The lowest BCUT2D eigenvalue weighted by atomic mass is 10.0. The number of rotatable bonds is 6. The molecule has 0 aliphatic carbocycles. The molecule has 0 saturated carbocycles. The van der Waals surface area contributed by atoms with Crippen molar-refractivity contribution in [3.8, 4) is 11.5 Å². The average Bonchev–Trinajstić information content (AvgIpc) is 2.39. The lowest BCUT2D eigenvalue weighted by Gasteiger charge is -2.22. The van der Waals surface area contributed by atoms with E-state index < -0.39 is 12.1 Å². The summed E-state index contributed by atoms with van der Waals surface area (Å²) in [5.74, 6) is -0.662. The van der Waals surface area contributed by atoms with Crippen molar-refractivity contribution < 1.29 is 20.1 Å². The minimum absolute atomic E-state index is 0.206. The third-order valence-corrected chi connectivity index (χ3v) is 3.07. The summed E-state index contributed by atoms with van der Waals surface area (Å²) in [7, 11) is 1.64. The highest BCUT2D eigenvalue weighted by Crippen LogP contribution is 2.25. The number of carbonyl (C=O) groups is 1. The first-order chi connectivity index (χ1) is 9.31. The standard InChI is InChI=1S/C14H22N2O4/c1-9(17)5-6-16(2)14(20)11(15)7-10-3-4-12(18)13(19)8-10/h3-4,8-9,11,17-19H,5-7,15H2,1-2H3/t9?,11-/m0/s1. The summed E-state index contributed by atoms with van der Waals surface area (Å²) < 4.78 is 0. The predicted octanol–water partition coefficient (Wildman–Crippen LogP) is 0.197. The first-order valence-corrected chi connectivity index (χ1v) is 6.50. The van der Waals surface area contributed by atoms with Gasteiger partial charge in [-0.2, -0.15) is 0 Å². The van der Waals surface area contributed by atoms with Gasteiger partial charge >= 0.3 is 0 Å². The molecule has 2 atom stereocenters. The minimum atomic E-state index is -0.724. The van der Waals surface area contributed by atoms with Gasteiger partial charge in [0.25, 0.3) is 0 Å². The quantitative estimate of drug-likeness (QED) is 0.557. The Hall–Kier alpha value is -1.79. The van der Waals surface area contributed by atoms with E-state index in [1.807, 2.05) is 0 Å². The third kappa shape index (κ3) is 4.71. The highest BCUT2D eigenvalue weighted by atomic mass is 16.3. The SMILES string of the molecule is CC(O)CCN(C)C(=O)[C@@H](N)Cc1ccc(O)c(O)c1. The van der Waals surface area contributed by atoms with Crippen molar-refractivity contribution in [2.45, 2.75) is 31.9 Å². The first-order valence-electron chi connectivity index (χ1n) is 6.50. The summed E-state index contributed by atoms with van der Waals surface area (Å²) in [5.41, 5.74) is 6.52. The van der Waals surface area contributed by atoms with E-state index in [0.29, 0.717) is 18.5 Å². The highest BCUT2D eigenvalue weighted by molar-refractivity contribution is 5.81. The van der Waals surface area contributed by atoms with Crippen LogP contribution >= 0.6 is 0 Å².